The average Bonchev–Trinajstić information content (AvgIpc) is 2.90. The summed E-state index contributed by atoms with van der Waals surface area (Å²) in [6.45, 7) is 0.526. The summed E-state index contributed by atoms with van der Waals surface area (Å²) in [5.74, 6) is 1.10. The third-order valence-electron chi connectivity index (χ3n) is 3.42. The third-order valence-corrected chi connectivity index (χ3v) is 3.42. The van der Waals surface area contributed by atoms with Gasteiger partial charge in [0.1, 0.15) is 12.4 Å². The van der Waals surface area contributed by atoms with Crippen molar-refractivity contribution < 1.29 is 14.4 Å². The molecule has 0 radical (unpaired) electrons. The molecule has 0 aliphatic carbocycles. The molecule has 0 saturated carbocycles. The van der Waals surface area contributed by atoms with E-state index in [-0.39, 0.29) is 17.5 Å². The number of nitro groups is 1. The molecule has 0 fully saturated rings. The summed E-state index contributed by atoms with van der Waals surface area (Å²) in [4.78, 5) is 10.4. The highest BCUT2D eigenvalue weighted by atomic mass is 16.6. The van der Waals surface area contributed by atoms with E-state index < -0.39 is 4.92 Å². The molecule has 108 valence electrons. The van der Waals surface area contributed by atoms with Crippen LogP contribution in [0.3, 0.4) is 0 Å². The zero-order valence-corrected chi connectivity index (χ0v) is 11.4. The Bertz CT molecular complexity index is 687. The van der Waals surface area contributed by atoms with Crippen LogP contribution in [0.4, 0.5) is 11.4 Å². The topological polar surface area (TPSA) is 73.6 Å². The summed E-state index contributed by atoms with van der Waals surface area (Å²) in [5, 5.41) is 14.2. The lowest BCUT2D eigenvalue weighted by Gasteiger charge is -2.14. The summed E-state index contributed by atoms with van der Waals surface area (Å²) < 4.78 is 10.7. The van der Waals surface area contributed by atoms with E-state index in [1.807, 2.05) is 24.3 Å². The number of hydrogen-bond donors (Lipinski definition) is 1. The minimum atomic E-state index is -0.462. The van der Waals surface area contributed by atoms with E-state index in [9.17, 15) is 10.1 Å². The summed E-state index contributed by atoms with van der Waals surface area (Å²) in [6, 6.07) is 12.6. The standard InChI is InChI=1S/C15H14N2O4/c1-20-15-8-10(6-7-13(15)17(18)19)16-12-9-21-14-5-3-2-4-11(12)14/h2-8,12,16H,9H2,1H3. The van der Waals surface area contributed by atoms with Gasteiger partial charge in [0, 0.05) is 23.4 Å². The lowest BCUT2D eigenvalue weighted by molar-refractivity contribution is -0.385. The average molecular weight is 286 g/mol. The van der Waals surface area contributed by atoms with Gasteiger partial charge in [-0.3, -0.25) is 10.1 Å². The van der Waals surface area contributed by atoms with Crippen molar-refractivity contribution in [2.24, 2.45) is 0 Å². The highest BCUT2D eigenvalue weighted by Gasteiger charge is 2.24. The van der Waals surface area contributed by atoms with Crippen LogP contribution in [0.15, 0.2) is 42.5 Å². The zero-order valence-electron chi connectivity index (χ0n) is 11.4. The van der Waals surface area contributed by atoms with Gasteiger partial charge in [0.05, 0.1) is 18.1 Å². The van der Waals surface area contributed by atoms with Gasteiger partial charge in [-0.2, -0.15) is 0 Å². The van der Waals surface area contributed by atoms with Crippen LogP contribution >= 0.6 is 0 Å². The summed E-state index contributed by atoms with van der Waals surface area (Å²) in [6.07, 6.45) is 0. The maximum absolute atomic E-state index is 10.9. The number of para-hydroxylation sites is 1. The number of ether oxygens (including phenoxy) is 2. The molecule has 0 spiro atoms. The van der Waals surface area contributed by atoms with Crippen molar-refractivity contribution in [3.8, 4) is 11.5 Å². The molecule has 1 aliphatic heterocycles. The SMILES string of the molecule is COc1cc(NC2COc3ccccc32)ccc1[N+](=O)[O-]. The number of nitrogens with one attached hydrogen (secondary N) is 1. The molecular weight excluding hydrogens is 272 g/mol. The van der Waals surface area contributed by atoms with Gasteiger partial charge in [-0.15, -0.1) is 0 Å². The van der Waals surface area contributed by atoms with Crippen LogP contribution in [0.5, 0.6) is 11.5 Å². The molecule has 0 amide bonds. The van der Waals surface area contributed by atoms with Gasteiger partial charge >= 0.3 is 5.69 Å². The second-order valence-corrected chi connectivity index (χ2v) is 4.69. The Morgan fingerprint density at radius 3 is 2.90 bits per heavy atom. The maximum atomic E-state index is 10.9. The predicted molar refractivity (Wildman–Crippen MR) is 77.9 cm³/mol. The normalized spacial score (nSPS) is 16.0. The molecule has 2 aromatic carbocycles. The Balaban J connectivity index is 1.85. The first-order valence-corrected chi connectivity index (χ1v) is 6.49. The van der Waals surface area contributed by atoms with Gasteiger partial charge in [0.2, 0.25) is 0 Å². The Kier molecular flexibility index (Phi) is 3.35. The molecule has 1 heterocycles. The summed E-state index contributed by atoms with van der Waals surface area (Å²) >= 11 is 0. The minimum absolute atomic E-state index is 0.0207. The van der Waals surface area contributed by atoms with Crippen molar-refractivity contribution in [2.45, 2.75) is 6.04 Å². The number of nitro benzene ring substituents is 1. The molecule has 1 atom stereocenters. The van der Waals surface area contributed by atoms with Crippen molar-refractivity contribution in [3.05, 3.63) is 58.1 Å². The number of nitrogens with zero attached hydrogens (tertiary/aromatic N) is 1. The van der Waals surface area contributed by atoms with E-state index in [1.165, 1.54) is 13.2 Å². The second-order valence-electron chi connectivity index (χ2n) is 4.69. The number of fused-ring (bicyclic) bond motifs is 1. The number of hydrogen-bond acceptors (Lipinski definition) is 5. The number of rotatable bonds is 4. The van der Waals surface area contributed by atoms with Crippen LogP contribution in [0.1, 0.15) is 11.6 Å². The van der Waals surface area contributed by atoms with Gasteiger partial charge in [-0.05, 0) is 12.1 Å². The van der Waals surface area contributed by atoms with Gasteiger partial charge in [0.25, 0.3) is 0 Å². The fourth-order valence-electron chi connectivity index (χ4n) is 2.40. The van der Waals surface area contributed by atoms with Crippen LogP contribution in [0, 0.1) is 10.1 Å². The van der Waals surface area contributed by atoms with Gasteiger partial charge in [0.15, 0.2) is 5.75 Å². The quantitative estimate of drug-likeness (QED) is 0.690. The molecule has 6 nitrogen and oxygen atoms in total. The largest absolute Gasteiger partial charge is 0.491 e. The van der Waals surface area contributed by atoms with Gasteiger partial charge in [-0.25, -0.2) is 0 Å². The van der Waals surface area contributed by atoms with Gasteiger partial charge in [-0.1, -0.05) is 18.2 Å². The maximum Gasteiger partial charge on any atom is 0.311 e. The smallest absolute Gasteiger partial charge is 0.311 e. The summed E-state index contributed by atoms with van der Waals surface area (Å²) in [7, 11) is 1.42. The van der Waals surface area contributed by atoms with Crippen molar-refractivity contribution in [3.63, 3.8) is 0 Å². The molecular formula is C15H14N2O4. The van der Waals surface area contributed by atoms with E-state index in [1.54, 1.807) is 12.1 Å². The summed E-state index contributed by atoms with van der Waals surface area (Å²) in [5.41, 5.74) is 1.78. The van der Waals surface area contributed by atoms with Crippen molar-refractivity contribution >= 4 is 11.4 Å². The van der Waals surface area contributed by atoms with Gasteiger partial charge < -0.3 is 14.8 Å². The zero-order chi connectivity index (χ0) is 14.8. The monoisotopic (exact) mass is 286 g/mol. The van der Waals surface area contributed by atoms with Crippen LogP contribution in [0.2, 0.25) is 0 Å². The van der Waals surface area contributed by atoms with E-state index in [4.69, 9.17) is 9.47 Å². The molecule has 6 heteroatoms. The first-order valence-electron chi connectivity index (χ1n) is 6.49. The van der Waals surface area contributed by atoms with Crippen molar-refractivity contribution in [1.29, 1.82) is 0 Å². The molecule has 21 heavy (non-hydrogen) atoms. The molecule has 1 N–H and O–H groups in total. The Hall–Kier alpha value is -2.76. The minimum Gasteiger partial charge on any atom is -0.491 e. The van der Waals surface area contributed by atoms with E-state index >= 15 is 0 Å². The van der Waals surface area contributed by atoms with Crippen LogP contribution in [-0.4, -0.2) is 18.6 Å². The Morgan fingerprint density at radius 2 is 2.14 bits per heavy atom. The molecule has 0 saturated heterocycles. The molecule has 2 aromatic rings. The molecule has 0 bridgehead atoms. The molecule has 0 aromatic heterocycles. The third kappa shape index (κ3) is 2.47. The van der Waals surface area contributed by atoms with Crippen LogP contribution in [0.25, 0.3) is 0 Å². The lowest BCUT2D eigenvalue weighted by Crippen LogP contribution is -2.12. The second kappa shape index (κ2) is 5.32. The lowest BCUT2D eigenvalue weighted by atomic mass is 10.1. The fourth-order valence-corrected chi connectivity index (χ4v) is 2.40. The molecule has 3 rings (SSSR count). The number of benzene rings is 2. The first-order chi connectivity index (χ1) is 10.2. The highest BCUT2D eigenvalue weighted by molar-refractivity contribution is 5.59. The Morgan fingerprint density at radius 1 is 1.33 bits per heavy atom. The van der Waals surface area contributed by atoms with E-state index in [0.717, 1.165) is 17.0 Å². The Labute approximate surface area is 121 Å². The molecule has 1 aliphatic rings. The number of anilines is 1. The van der Waals surface area contributed by atoms with Crippen molar-refractivity contribution in [2.75, 3.05) is 19.0 Å². The number of methoxy groups -OCH3 is 1. The first kappa shape index (κ1) is 13.2. The van der Waals surface area contributed by atoms with E-state index in [2.05, 4.69) is 5.32 Å². The molecule has 1 unspecified atom stereocenters. The predicted octanol–water partition coefficient (Wildman–Crippen LogP) is 3.15. The highest BCUT2D eigenvalue weighted by Crippen LogP contribution is 2.36. The van der Waals surface area contributed by atoms with Crippen LogP contribution < -0.4 is 14.8 Å². The fraction of sp³-hybridized carbons (Fsp3) is 0.200. The van der Waals surface area contributed by atoms with Crippen LogP contribution in [-0.2, 0) is 0 Å². The van der Waals surface area contributed by atoms with Crippen molar-refractivity contribution in [1.82, 2.24) is 0 Å². The van der Waals surface area contributed by atoms with E-state index in [0.29, 0.717) is 6.61 Å².